The van der Waals surface area contributed by atoms with E-state index in [-0.39, 0.29) is 18.4 Å². The molecule has 0 unspecified atom stereocenters. The SMILES string of the molecule is C=C/C(=C/[C@H](N)C(=O)O)C(=O)[C@@H](N)CCC(=O)O. The summed E-state index contributed by atoms with van der Waals surface area (Å²) < 4.78 is 0. The van der Waals surface area contributed by atoms with Crippen molar-refractivity contribution in [2.24, 2.45) is 11.5 Å². The van der Waals surface area contributed by atoms with E-state index in [0.29, 0.717) is 0 Å². The number of hydrogen-bond acceptors (Lipinski definition) is 5. The normalized spacial score (nSPS) is 14.7. The Labute approximate surface area is 104 Å². The third-order valence-electron chi connectivity index (χ3n) is 2.15. The summed E-state index contributed by atoms with van der Waals surface area (Å²) in [6, 6.07) is -2.36. The van der Waals surface area contributed by atoms with E-state index in [9.17, 15) is 14.4 Å². The molecule has 18 heavy (non-hydrogen) atoms. The van der Waals surface area contributed by atoms with Gasteiger partial charge in [0.1, 0.15) is 6.04 Å². The van der Waals surface area contributed by atoms with Crippen molar-refractivity contribution in [2.45, 2.75) is 24.9 Å². The summed E-state index contributed by atoms with van der Waals surface area (Å²) >= 11 is 0. The number of nitrogens with two attached hydrogens (primary N) is 2. The van der Waals surface area contributed by atoms with Crippen molar-refractivity contribution in [3.05, 3.63) is 24.3 Å². The molecule has 0 spiro atoms. The van der Waals surface area contributed by atoms with Crippen molar-refractivity contribution in [1.29, 1.82) is 0 Å². The van der Waals surface area contributed by atoms with Crippen LogP contribution in [-0.2, 0) is 14.4 Å². The van der Waals surface area contributed by atoms with Crippen molar-refractivity contribution in [3.8, 4) is 0 Å². The molecular weight excluding hydrogens is 240 g/mol. The van der Waals surface area contributed by atoms with Gasteiger partial charge in [0.15, 0.2) is 5.78 Å². The molecule has 0 heterocycles. The molecule has 0 bridgehead atoms. The van der Waals surface area contributed by atoms with Gasteiger partial charge in [-0.2, -0.15) is 0 Å². The van der Waals surface area contributed by atoms with Crippen molar-refractivity contribution in [1.82, 2.24) is 0 Å². The molecule has 0 amide bonds. The number of Topliss-reactive ketones (excluding diaryl/α,β-unsaturated/α-hetero) is 1. The first-order valence-electron chi connectivity index (χ1n) is 5.13. The van der Waals surface area contributed by atoms with Crippen LogP contribution < -0.4 is 11.5 Å². The largest absolute Gasteiger partial charge is 0.481 e. The van der Waals surface area contributed by atoms with Gasteiger partial charge in [0, 0.05) is 12.0 Å². The van der Waals surface area contributed by atoms with Crippen LogP contribution in [0.1, 0.15) is 12.8 Å². The van der Waals surface area contributed by atoms with Gasteiger partial charge in [-0.1, -0.05) is 12.7 Å². The second-order valence-corrected chi connectivity index (χ2v) is 3.59. The smallest absolute Gasteiger partial charge is 0.324 e. The predicted molar refractivity (Wildman–Crippen MR) is 63.7 cm³/mol. The third-order valence-corrected chi connectivity index (χ3v) is 2.15. The van der Waals surface area contributed by atoms with E-state index in [0.717, 1.165) is 12.2 Å². The van der Waals surface area contributed by atoms with E-state index in [1.165, 1.54) is 0 Å². The molecular formula is C11H16N2O5. The minimum Gasteiger partial charge on any atom is -0.481 e. The van der Waals surface area contributed by atoms with Crippen molar-refractivity contribution in [3.63, 3.8) is 0 Å². The number of carbonyl (C=O) groups excluding carboxylic acids is 1. The average molecular weight is 256 g/mol. The van der Waals surface area contributed by atoms with Crippen LogP contribution in [0.2, 0.25) is 0 Å². The summed E-state index contributed by atoms with van der Waals surface area (Å²) in [6.45, 7) is 3.36. The molecule has 0 aromatic carbocycles. The number of carbonyl (C=O) groups is 3. The number of allylic oxidation sites excluding steroid dienone is 1. The van der Waals surface area contributed by atoms with Crippen molar-refractivity contribution in [2.75, 3.05) is 0 Å². The lowest BCUT2D eigenvalue weighted by molar-refractivity contribution is -0.138. The van der Waals surface area contributed by atoms with Crippen LogP contribution in [0.5, 0.6) is 0 Å². The Morgan fingerprint density at radius 1 is 1.22 bits per heavy atom. The molecule has 0 aliphatic carbocycles. The standard InChI is InChI=1S/C11H16N2O5/c1-2-6(5-8(13)11(17)18)10(16)7(12)3-4-9(14)15/h2,5,7-8H,1,3-4,12-13H2,(H,14,15)(H,17,18)/b6-5-/t7-,8-/m0/s1. The Balaban J connectivity index is 4.75. The van der Waals surface area contributed by atoms with Gasteiger partial charge in [-0.25, -0.2) is 0 Å². The lowest BCUT2D eigenvalue weighted by Crippen LogP contribution is -2.34. The Hall–Kier alpha value is -1.99. The Morgan fingerprint density at radius 2 is 1.78 bits per heavy atom. The van der Waals surface area contributed by atoms with Crippen LogP contribution in [0.4, 0.5) is 0 Å². The zero-order chi connectivity index (χ0) is 14.3. The van der Waals surface area contributed by atoms with Gasteiger partial charge in [0.25, 0.3) is 0 Å². The zero-order valence-electron chi connectivity index (χ0n) is 9.70. The minimum atomic E-state index is -1.34. The summed E-state index contributed by atoms with van der Waals surface area (Å²) in [5.74, 6) is -2.94. The molecule has 0 radical (unpaired) electrons. The molecule has 2 atom stereocenters. The first-order chi connectivity index (χ1) is 8.29. The summed E-state index contributed by atoms with van der Waals surface area (Å²) in [5.41, 5.74) is 10.7. The second kappa shape index (κ2) is 7.36. The lowest BCUT2D eigenvalue weighted by atomic mass is 9.99. The monoisotopic (exact) mass is 256 g/mol. The molecule has 0 aliphatic rings. The highest BCUT2D eigenvalue weighted by molar-refractivity contribution is 6.02. The molecule has 6 N–H and O–H groups in total. The van der Waals surface area contributed by atoms with E-state index in [1.807, 2.05) is 0 Å². The number of carboxylic acid groups (broad SMARTS) is 2. The highest BCUT2D eigenvalue weighted by atomic mass is 16.4. The summed E-state index contributed by atoms with van der Waals surface area (Å²) in [7, 11) is 0. The summed E-state index contributed by atoms with van der Waals surface area (Å²) in [5, 5.41) is 17.1. The first-order valence-corrected chi connectivity index (χ1v) is 5.13. The number of aliphatic carboxylic acids is 2. The van der Waals surface area contributed by atoms with E-state index in [4.69, 9.17) is 21.7 Å². The summed E-state index contributed by atoms with van der Waals surface area (Å²) in [4.78, 5) is 32.6. The van der Waals surface area contributed by atoms with E-state index >= 15 is 0 Å². The first kappa shape index (κ1) is 16.0. The Morgan fingerprint density at radius 3 is 2.17 bits per heavy atom. The maximum Gasteiger partial charge on any atom is 0.324 e. The third kappa shape index (κ3) is 5.37. The van der Waals surface area contributed by atoms with Gasteiger partial charge < -0.3 is 21.7 Å². The maximum absolute atomic E-state index is 11.7. The zero-order valence-corrected chi connectivity index (χ0v) is 9.70. The fourth-order valence-electron chi connectivity index (χ4n) is 1.14. The molecule has 0 fully saturated rings. The fraction of sp³-hybridized carbons (Fsp3) is 0.364. The van der Waals surface area contributed by atoms with Crippen LogP contribution in [0.25, 0.3) is 0 Å². The highest BCUT2D eigenvalue weighted by Crippen LogP contribution is 2.06. The van der Waals surface area contributed by atoms with Gasteiger partial charge in [-0.05, 0) is 12.5 Å². The van der Waals surface area contributed by atoms with E-state index in [1.54, 1.807) is 0 Å². The quantitative estimate of drug-likeness (QED) is 0.331. The van der Waals surface area contributed by atoms with Gasteiger partial charge in [0.05, 0.1) is 6.04 Å². The minimum absolute atomic E-state index is 0.0252. The van der Waals surface area contributed by atoms with Gasteiger partial charge >= 0.3 is 11.9 Å². The van der Waals surface area contributed by atoms with E-state index < -0.39 is 29.8 Å². The number of rotatable bonds is 8. The molecule has 0 saturated heterocycles. The molecule has 100 valence electrons. The Kier molecular flexibility index (Phi) is 6.54. The second-order valence-electron chi connectivity index (χ2n) is 3.59. The summed E-state index contributed by atoms with van der Waals surface area (Å²) in [6.07, 6.45) is 1.88. The molecule has 0 aromatic heterocycles. The molecule has 0 rings (SSSR count). The van der Waals surface area contributed by atoms with Crippen LogP contribution in [0.15, 0.2) is 24.3 Å². The van der Waals surface area contributed by atoms with Crippen molar-refractivity contribution < 1.29 is 24.6 Å². The predicted octanol–water partition coefficient (Wildman–Crippen LogP) is -0.728. The topological polar surface area (TPSA) is 144 Å². The van der Waals surface area contributed by atoms with Crippen LogP contribution >= 0.6 is 0 Å². The fourth-order valence-corrected chi connectivity index (χ4v) is 1.14. The number of hydrogen-bond donors (Lipinski definition) is 4. The molecule has 0 saturated carbocycles. The average Bonchev–Trinajstić information content (AvgIpc) is 2.31. The molecule has 7 heteroatoms. The number of carboxylic acids is 2. The van der Waals surface area contributed by atoms with Gasteiger partial charge in [-0.3, -0.25) is 14.4 Å². The number of ketones is 1. The Bertz CT molecular complexity index is 389. The maximum atomic E-state index is 11.7. The van der Waals surface area contributed by atoms with Crippen molar-refractivity contribution >= 4 is 17.7 Å². The van der Waals surface area contributed by atoms with Crippen LogP contribution in [-0.4, -0.2) is 40.0 Å². The van der Waals surface area contributed by atoms with Gasteiger partial charge in [-0.15, -0.1) is 0 Å². The van der Waals surface area contributed by atoms with E-state index in [2.05, 4.69) is 6.58 Å². The van der Waals surface area contributed by atoms with Gasteiger partial charge in [0.2, 0.25) is 0 Å². The molecule has 0 aromatic rings. The van der Waals surface area contributed by atoms with Crippen LogP contribution in [0.3, 0.4) is 0 Å². The van der Waals surface area contributed by atoms with Crippen LogP contribution in [0, 0.1) is 0 Å². The molecule has 7 nitrogen and oxygen atoms in total. The molecule has 0 aliphatic heterocycles. The highest BCUT2D eigenvalue weighted by Gasteiger charge is 2.19. The lowest BCUT2D eigenvalue weighted by Gasteiger charge is -2.10.